The summed E-state index contributed by atoms with van der Waals surface area (Å²) in [5, 5.41) is 6.35. The molecule has 1 amide bonds. The van der Waals surface area contributed by atoms with Crippen molar-refractivity contribution in [3.63, 3.8) is 0 Å². The predicted octanol–water partition coefficient (Wildman–Crippen LogP) is 1.73. The summed E-state index contributed by atoms with van der Waals surface area (Å²) in [6.07, 6.45) is 5.23. The zero-order valence-corrected chi connectivity index (χ0v) is 12.4. The zero-order valence-electron chi connectivity index (χ0n) is 10.8. The molecule has 1 fully saturated rings. The third-order valence-electron chi connectivity index (χ3n) is 3.00. The standard InChI is InChI=1S/C13H19N3O.2ClH/c17-13(16-12-5-3-8-14-10-12)7-6-11-4-1-2-9-15-11;;/h1-2,4,9,12,14H,3,5-8,10H2,(H,16,17);2*1H/t12-;;/m1../s1. The highest BCUT2D eigenvalue weighted by molar-refractivity contribution is 5.85. The molecule has 2 rings (SSSR count). The number of pyridine rings is 1. The number of carbonyl (C=O) groups is 1. The van der Waals surface area contributed by atoms with Gasteiger partial charge in [0.05, 0.1) is 0 Å². The van der Waals surface area contributed by atoms with Crippen LogP contribution in [0, 0.1) is 0 Å². The van der Waals surface area contributed by atoms with Crippen LogP contribution in [0.5, 0.6) is 0 Å². The average Bonchev–Trinajstić information content (AvgIpc) is 2.39. The molecular formula is C13H21Cl2N3O. The Morgan fingerprint density at radius 2 is 2.26 bits per heavy atom. The number of nitrogens with zero attached hydrogens (tertiary/aromatic N) is 1. The van der Waals surface area contributed by atoms with Crippen LogP contribution in [0.2, 0.25) is 0 Å². The maximum Gasteiger partial charge on any atom is 0.220 e. The van der Waals surface area contributed by atoms with Crippen LogP contribution in [0.3, 0.4) is 0 Å². The van der Waals surface area contributed by atoms with E-state index in [0.717, 1.165) is 31.6 Å². The number of aromatic nitrogens is 1. The highest BCUT2D eigenvalue weighted by Gasteiger charge is 2.14. The van der Waals surface area contributed by atoms with Gasteiger partial charge >= 0.3 is 0 Å². The quantitative estimate of drug-likeness (QED) is 0.891. The SMILES string of the molecule is Cl.Cl.O=C(CCc1ccccn1)N[C@@H]1CCCNC1. The van der Waals surface area contributed by atoms with Crippen LogP contribution < -0.4 is 10.6 Å². The van der Waals surface area contributed by atoms with E-state index in [1.54, 1.807) is 6.20 Å². The first kappa shape index (κ1) is 18.2. The van der Waals surface area contributed by atoms with Crippen LogP contribution in [-0.4, -0.2) is 30.0 Å². The molecule has 1 saturated heterocycles. The molecule has 2 heterocycles. The smallest absolute Gasteiger partial charge is 0.220 e. The number of aryl methyl sites for hydroxylation is 1. The molecule has 108 valence electrons. The number of amides is 1. The van der Waals surface area contributed by atoms with Gasteiger partial charge in [0.2, 0.25) is 5.91 Å². The lowest BCUT2D eigenvalue weighted by Gasteiger charge is -2.23. The van der Waals surface area contributed by atoms with Gasteiger partial charge in [-0.2, -0.15) is 0 Å². The molecule has 0 aliphatic carbocycles. The number of carbonyl (C=O) groups excluding carboxylic acids is 1. The van der Waals surface area contributed by atoms with Gasteiger partial charge in [-0.15, -0.1) is 24.8 Å². The van der Waals surface area contributed by atoms with Crippen molar-refractivity contribution in [2.24, 2.45) is 0 Å². The minimum atomic E-state index is 0. The maximum atomic E-state index is 11.7. The molecule has 1 aromatic heterocycles. The summed E-state index contributed by atoms with van der Waals surface area (Å²) in [6.45, 7) is 1.97. The van der Waals surface area contributed by atoms with Crippen molar-refractivity contribution in [3.05, 3.63) is 30.1 Å². The molecule has 0 bridgehead atoms. The molecule has 19 heavy (non-hydrogen) atoms. The molecule has 1 atom stereocenters. The van der Waals surface area contributed by atoms with Gasteiger partial charge in [0.25, 0.3) is 0 Å². The fourth-order valence-electron chi connectivity index (χ4n) is 2.06. The van der Waals surface area contributed by atoms with E-state index in [9.17, 15) is 4.79 Å². The molecule has 1 aliphatic rings. The third-order valence-corrected chi connectivity index (χ3v) is 3.00. The molecule has 0 aromatic carbocycles. The van der Waals surface area contributed by atoms with Gasteiger partial charge in [-0.25, -0.2) is 0 Å². The van der Waals surface area contributed by atoms with Crippen molar-refractivity contribution in [3.8, 4) is 0 Å². The molecular weight excluding hydrogens is 285 g/mol. The van der Waals surface area contributed by atoms with Crippen LogP contribution >= 0.6 is 24.8 Å². The van der Waals surface area contributed by atoms with Gasteiger partial charge in [0.15, 0.2) is 0 Å². The summed E-state index contributed by atoms with van der Waals surface area (Å²) in [4.78, 5) is 15.9. The molecule has 1 aromatic rings. The van der Waals surface area contributed by atoms with Gasteiger partial charge < -0.3 is 10.6 Å². The Morgan fingerprint density at radius 3 is 2.89 bits per heavy atom. The van der Waals surface area contributed by atoms with E-state index < -0.39 is 0 Å². The monoisotopic (exact) mass is 305 g/mol. The Hall–Kier alpha value is -0.840. The zero-order chi connectivity index (χ0) is 11.9. The third kappa shape index (κ3) is 6.76. The topological polar surface area (TPSA) is 54.0 Å². The van der Waals surface area contributed by atoms with Crippen LogP contribution in [0.1, 0.15) is 25.0 Å². The Labute approximate surface area is 126 Å². The van der Waals surface area contributed by atoms with Gasteiger partial charge in [-0.3, -0.25) is 9.78 Å². The van der Waals surface area contributed by atoms with E-state index in [1.165, 1.54) is 0 Å². The van der Waals surface area contributed by atoms with Crippen molar-refractivity contribution in [2.45, 2.75) is 31.7 Å². The maximum absolute atomic E-state index is 11.7. The largest absolute Gasteiger partial charge is 0.352 e. The number of nitrogens with one attached hydrogen (secondary N) is 2. The summed E-state index contributed by atoms with van der Waals surface area (Å²) >= 11 is 0. The Kier molecular flexibility index (Phi) is 9.57. The molecule has 4 nitrogen and oxygen atoms in total. The van der Waals surface area contributed by atoms with E-state index in [2.05, 4.69) is 15.6 Å². The fourth-order valence-corrected chi connectivity index (χ4v) is 2.06. The predicted molar refractivity (Wildman–Crippen MR) is 81.1 cm³/mol. The van der Waals surface area contributed by atoms with Crippen molar-refractivity contribution in [1.29, 1.82) is 0 Å². The Morgan fingerprint density at radius 1 is 1.42 bits per heavy atom. The molecule has 6 heteroatoms. The van der Waals surface area contributed by atoms with E-state index in [1.807, 2.05) is 18.2 Å². The van der Waals surface area contributed by atoms with Crippen molar-refractivity contribution < 1.29 is 4.79 Å². The summed E-state index contributed by atoms with van der Waals surface area (Å²) in [5.74, 6) is 0.129. The minimum Gasteiger partial charge on any atom is -0.352 e. The summed E-state index contributed by atoms with van der Waals surface area (Å²) in [6, 6.07) is 6.10. The Bertz CT molecular complexity index is 356. The second-order valence-electron chi connectivity index (χ2n) is 4.43. The van der Waals surface area contributed by atoms with Gasteiger partial charge in [0, 0.05) is 30.9 Å². The van der Waals surface area contributed by atoms with E-state index >= 15 is 0 Å². The first-order valence-electron chi connectivity index (χ1n) is 6.24. The molecule has 0 spiro atoms. The Balaban J connectivity index is 0.00000162. The minimum absolute atomic E-state index is 0. The van der Waals surface area contributed by atoms with Crippen LogP contribution in [-0.2, 0) is 11.2 Å². The van der Waals surface area contributed by atoms with Gasteiger partial charge in [-0.1, -0.05) is 6.07 Å². The molecule has 0 unspecified atom stereocenters. The van der Waals surface area contributed by atoms with Gasteiger partial charge in [0.1, 0.15) is 0 Å². The summed E-state index contributed by atoms with van der Waals surface area (Å²) < 4.78 is 0. The summed E-state index contributed by atoms with van der Waals surface area (Å²) in [7, 11) is 0. The lowest BCUT2D eigenvalue weighted by Crippen LogP contribution is -2.45. The van der Waals surface area contributed by atoms with Crippen molar-refractivity contribution in [1.82, 2.24) is 15.6 Å². The second-order valence-corrected chi connectivity index (χ2v) is 4.43. The number of hydrogen-bond donors (Lipinski definition) is 2. The molecule has 2 N–H and O–H groups in total. The first-order chi connectivity index (χ1) is 8.34. The van der Waals surface area contributed by atoms with E-state index in [-0.39, 0.29) is 30.7 Å². The number of hydrogen-bond acceptors (Lipinski definition) is 3. The van der Waals surface area contributed by atoms with Crippen LogP contribution in [0.25, 0.3) is 0 Å². The van der Waals surface area contributed by atoms with Crippen LogP contribution in [0.4, 0.5) is 0 Å². The normalized spacial score (nSPS) is 17.8. The van der Waals surface area contributed by atoms with Gasteiger partial charge in [-0.05, 0) is 37.9 Å². The average molecular weight is 306 g/mol. The number of piperidine rings is 1. The highest BCUT2D eigenvalue weighted by Crippen LogP contribution is 2.03. The summed E-state index contributed by atoms with van der Waals surface area (Å²) in [5.41, 5.74) is 0.976. The van der Waals surface area contributed by atoms with Crippen LogP contribution in [0.15, 0.2) is 24.4 Å². The number of halogens is 2. The van der Waals surface area contributed by atoms with Crippen molar-refractivity contribution in [2.75, 3.05) is 13.1 Å². The lowest BCUT2D eigenvalue weighted by molar-refractivity contribution is -0.121. The second kappa shape index (κ2) is 10.0. The highest BCUT2D eigenvalue weighted by atomic mass is 35.5. The molecule has 1 aliphatic heterocycles. The first-order valence-corrected chi connectivity index (χ1v) is 6.24. The molecule has 0 saturated carbocycles. The number of rotatable bonds is 4. The van der Waals surface area contributed by atoms with E-state index in [0.29, 0.717) is 18.9 Å². The fraction of sp³-hybridized carbons (Fsp3) is 0.538. The van der Waals surface area contributed by atoms with Crippen molar-refractivity contribution >= 4 is 30.7 Å². The molecule has 0 radical (unpaired) electrons. The van der Waals surface area contributed by atoms with E-state index in [4.69, 9.17) is 0 Å². The lowest BCUT2D eigenvalue weighted by atomic mass is 10.1.